The Balaban J connectivity index is 1.59. The molecular formula is C18H15BrN4O3S2. The Hall–Kier alpha value is -2.27. The monoisotopic (exact) mass is 478 g/mol. The maximum absolute atomic E-state index is 12.2. The van der Waals surface area contributed by atoms with Crippen LogP contribution in [-0.2, 0) is 14.8 Å². The maximum atomic E-state index is 12.2. The van der Waals surface area contributed by atoms with Crippen molar-refractivity contribution < 1.29 is 13.2 Å². The van der Waals surface area contributed by atoms with Crippen molar-refractivity contribution in [3.8, 4) is 11.3 Å². The molecule has 28 heavy (non-hydrogen) atoms. The number of rotatable bonds is 6. The van der Waals surface area contributed by atoms with Crippen molar-refractivity contribution in [3.05, 3.63) is 65.1 Å². The van der Waals surface area contributed by atoms with Crippen LogP contribution < -0.4 is 10.5 Å². The first-order valence-corrected chi connectivity index (χ1v) is 11.3. The van der Waals surface area contributed by atoms with E-state index in [-0.39, 0.29) is 16.6 Å². The number of nitrogens with two attached hydrogens (primary N) is 1. The van der Waals surface area contributed by atoms with Crippen molar-refractivity contribution in [3.63, 3.8) is 0 Å². The van der Waals surface area contributed by atoms with Crippen molar-refractivity contribution in [1.82, 2.24) is 10.2 Å². The number of aromatic nitrogens is 2. The molecule has 0 radical (unpaired) electrons. The summed E-state index contributed by atoms with van der Waals surface area (Å²) in [6.45, 7) is 0. The lowest BCUT2D eigenvalue weighted by Gasteiger charge is -2.08. The average molecular weight is 479 g/mol. The number of amides is 1. The molecule has 0 aliphatic heterocycles. The van der Waals surface area contributed by atoms with Crippen molar-refractivity contribution in [2.45, 2.75) is 9.92 Å². The van der Waals surface area contributed by atoms with Gasteiger partial charge in [0.25, 0.3) is 0 Å². The summed E-state index contributed by atoms with van der Waals surface area (Å²) in [6, 6.07) is 17.5. The molecule has 3 rings (SSSR count). The Labute approximate surface area is 174 Å². The lowest BCUT2D eigenvalue weighted by atomic mass is 10.1. The number of carbonyl (C=O) groups is 1. The molecule has 0 atom stereocenters. The largest absolute Gasteiger partial charge is 0.324 e. The summed E-state index contributed by atoms with van der Waals surface area (Å²) in [4.78, 5) is 12.1. The van der Waals surface area contributed by atoms with Gasteiger partial charge in [-0.25, -0.2) is 13.6 Å². The molecule has 0 fully saturated rings. The van der Waals surface area contributed by atoms with Gasteiger partial charge < -0.3 is 5.32 Å². The van der Waals surface area contributed by atoms with Gasteiger partial charge in [-0.05, 0) is 46.3 Å². The molecule has 1 heterocycles. The number of halogens is 1. The van der Waals surface area contributed by atoms with Gasteiger partial charge in [0, 0.05) is 10.0 Å². The highest BCUT2D eigenvalue weighted by molar-refractivity contribution is 9.10. The van der Waals surface area contributed by atoms with E-state index in [2.05, 4.69) is 31.4 Å². The van der Waals surface area contributed by atoms with E-state index in [1.54, 1.807) is 0 Å². The van der Waals surface area contributed by atoms with Crippen LogP contribution in [0.5, 0.6) is 0 Å². The first kappa shape index (κ1) is 20.5. The predicted octanol–water partition coefficient (Wildman–Crippen LogP) is 3.28. The standard InChI is InChI=1S/C18H15BrN4O3S2/c19-14-10-13(28(20,25)26)6-7-16(14)21-17(24)11-27-18-9-8-15(22-23-18)12-4-2-1-3-5-12/h1-10H,11H2,(H,21,24)(H2,20,25,26). The van der Waals surface area contributed by atoms with Crippen molar-refractivity contribution in [1.29, 1.82) is 0 Å². The van der Waals surface area contributed by atoms with Crippen LogP contribution in [-0.4, -0.2) is 30.3 Å². The molecular weight excluding hydrogens is 464 g/mol. The molecule has 0 bridgehead atoms. The second-order valence-electron chi connectivity index (χ2n) is 5.65. The first-order chi connectivity index (χ1) is 13.3. The third kappa shape index (κ3) is 5.38. The van der Waals surface area contributed by atoms with Gasteiger partial charge in [0.1, 0.15) is 5.03 Å². The van der Waals surface area contributed by atoms with Crippen LogP contribution in [0.3, 0.4) is 0 Å². The van der Waals surface area contributed by atoms with E-state index in [4.69, 9.17) is 5.14 Å². The van der Waals surface area contributed by atoms with E-state index < -0.39 is 10.0 Å². The molecule has 0 unspecified atom stereocenters. The average Bonchev–Trinajstić information content (AvgIpc) is 2.68. The third-order valence-corrected chi connectivity index (χ3v) is 6.09. The fourth-order valence-corrected chi connectivity index (χ4v) is 4.04. The minimum absolute atomic E-state index is 0.0412. The van der Waals surface area contributed by atoms with Crippen molar-refractivity contribution in [2.24, 2.45) is 5.14 Å². The van der Waals surface area contributed by atoms with Crippen molar-refractivity contribution in [2.75, 3.05) is 11.1 Å². The van der Waals surface area contributed by atoms with E-state index >= 15 is 0 Å². The predicted molar refractivity (Wildman–Crippen MR) is 112 cm³/mol. The van der Waals surface area contributed by atoms with Crippen LogP contribution in [0.4, 0.5) is 5.69 Å². The van der Waals surface area contributed by atoms with E-state index in [1.165, 1.54) is 30.0 Å². The number of anilines is 1. The Morgan fingerprint density at radius 2 is 1.82 bits per heavy atom. The fourth-order valence-electron chi connectivity index (χ4n) is 2.26. The van der Waals surface area contributed by atoms with Crippen LogP contribution in [0, 0.1) is 0 Å². The summed E-state index contributed by atoms with van der Waals surface area (Å²) in [5.74, 6) is -0.133. The summed E-state index contributed by atoms with van der Waals surface area (Å²) in [5.41, 5.74) is 2.17. The minimum Gasteiger partial charge on any atom is -0.324 e. The Morgan fingerprint density at radius 1 is 1.07 bits per heavy atom. The second kappa shape index (κ2) is 8.82. The molecule has 1 aromatic heterocycles. The van der Waals surface area contributed by atoms with E-state index in [1.807, 2.05) is 42.5 Å². The lowest BCUT2D eigenvalue weighted by molar-refractivity contribution is -0.113. The quantitative estimate of drug-likeness (QED) is 0.525. The van der Waals surface area contributed by atoms with Gasteiger partial charge in [-0.15, -0.1) is 10.2 Å². The number of sulfonamides is 1. The zero-order valence-electron chi connectivity index (χ0n) is 14.4. The maximum Gasteiger partial charge on any atom is 0.238 e. The van der Waals surface area contributed by atoms with Crippen LogP contribution in [0.25, 0.3) is 11.3 Å². The zero-order valence-corrected chi connectivity index (χ0v) is 17.6. The molecule has 1 amide bonds. The molecule has 0 saturated carbocycles. The highest BCUT2D eigenvalue weighted by Gasteiger charge is 2.12. The molecule has 144 valence electrons. The Kier molecular flexibility index (Phi) is 6.45. The van der Waals surface area contributed by atoms with Gasteiger partial charge in [0.05, 0.1) is 22.0 Å². The molecule has 0 aliphatic rings. The van der Waals surface area contributed by atoms with Gasteiger partial charge in [-0.3, -0.25) is 4.79 Å². The molecule has 2 aromatic carbocycles. The zero-order chi connectivity index (χ0) is 20.1. The summed E-state index contributed by atoms with van der Waals surface area (Å²) < 4.78 is 23.1. The smallest absolute Gasteiger partial charge is 0.238 e. The van der Waals surface area contributed by atoms with Crippen LogP contribution >= 0.6 is 27.7 Å². The molecule has 7 nitrogen and oxygen atoms in total. The highest BCUT2D eigenvalue weighted by Crippen LogP contribution is 2.26. The Bertz CT molecular complexity index is 1090. The SMILES string of the molecule is NS(=O)(=O)c1ccc(NC(=O)CSc2ccc(-c3ccccc3)nn2)c(Br)c1. The van der Waals surface area contributed by atoms with Gasteiger partial charge in [0.2, 0.25) is 15.9 Å². The summed E-state index contributed by atoms with van der Waals surface area (Å²) in [6.07, 6.45) is 0. The second-order valence-corrected chi connectivity index (χ2v) is 9.06. The molecule has 0 saturated heterocycles. The van der Waals surface area contributed by atoms with E-state index in [0.717, 1.165) is 11.3 Å². The fraction of sp³-hybridized carbons (Fsp3) is 0.0556. The van der Waals surface area contributed by atoms with Crippen LogP contribution in [0.15, 0.2) is 75.1 Å². The number of hydrogen-bond donors (Lipinski definition) is 2. The van der Waals surface area contributed by atoms with E-state index in [9.17, 15) is 13.2 Å². The van der Waals surface area contributed by atoms with Gasteiger partial charge >= 0.3 is 0 Å². The molecule has 0 spiro atoms. The lowest BCUT2D eigenvalue weighted by Crippen LogP contribution is -2.16. The third-order valence-electron chi connectivity index (χ3n) is 3.60. The van der Waals surface area contributed by atoms with Gasteiger partial charge in [-0.2, -0.15) is 0 Å². The number of nitrogens with one attached hydrogen (secondary N) is 1. The molecule has 3 N–H and O–H groups in total. The number of thioether (sulfide) groups is 1. The topological polar surface area (TPSA) is 115 Å². The Morgan fingerprint density at radius 3 is 2.43 bits per heavy atom. The van der Waals surface area contributed by atoms with Gasteiger partial charge in [-0.1, -0.05) is 42.1 Å². The number of nitrogens with zero attached hydrogens (tertiary/aromatic N) is 2. The molecule has 3 aromatic rings. The molecule has 0 aliphatic carbocycles. The summed E-state index contributed by atoms with van der Waals surface area (Å²) in [7, 11) is -3.80. The first-order valence-electron chi connectivity index (χ1n) is 7.97. The summed E-state index contributed by atoms with van der Waals surface area (Å²) in [5, 5.41) is 16.7. The molecule has 10 heteroatoms. The number of primary sulfonamides is 1. The highest BCUT2D eigenvalue weighted by atomic mass is 79.9. The normalized spacial score (nSPS) is 11.2. The van der Waals surface area contributed by atoms with E-state index in [0.29, 0.717) is 15.2 Å². The summed E-state index contributed by atoms with van der Waals surface area (Å²) >= 11 is 4.48. The van der Waals surface area contributed by atoms with Crippen molar-refractivity contribution >= 4 is 49.3 Å². The van der Waals surface area contributed by atoms with Crippen LogP contribution in [0.2, 0.25) is 0 Å². The van der Waals surface area contributed by atoms with Gasteiger partial charge in [0.15, 0.2) is 0 Å². The number of carbonyl (C=O) groups excluding carboxylic acids is 1. The minimum atomic E-state index is -3.80. The number of hydrogen-bond acceptors (Lipinski definition) is 6. The number of benzene rings is 2. The van der Waals surface area contributed by atoms with Crippen LogP contribution in [0.1, 0.15) is 0 Å².